The van der Waals surface area contributed by atoms with Gasteiger partial charge in [-0.2, -0.15) is 8.42 Å². The summed E-state index contributed by atoms with van der Waals surface area (Å²) in [6.45, 7) is 4.54. The highest BCUT2D eigenvalue weighted by atomic mass is 32.3. The summed E-state index contributed by atoms with van der Waals surface area (Å²) in [4.78, 5) is 0. The van der Waals surface area contributed by atoms with Crippen molar-refractivity contribution in [2.45, 2.75) is 65.2 Å². The number of rotatable bonds is 7. The second kappa shape index (κ2) is 49.5. The average Bonchev–Trinajstić information content (AvgIpc) is 2.08. The SMILES string of the molecule is CCCCCCCCCC.O.O.O.O.O.O.O.O=S(=O)(O)O.[AlH3]. The van der Waals surface area contributed by atoms with Crippen LogP contribution in [0.5, 0.6) is 0 Å². The first-order valence-electron chi connectivity index (χ1n) is 5.61. The molecule has 0 rings (SSSR count). The van der Waals surface area contributed by atoms with Crippen molar-refractivity contribution in [1.82, 2.24) is 0 Å². The Labute approximate surface area is 149 Å². The lowest BCUT2D eigenvalue weighted by molar-refractivity contribution is 0.381. The minimum absolute atomic E-state index is 0. The van der Waals surface area contributed by atoms with Crippen LogP contribution in [0.15, 0.2) is 0 Å². The molecule has 156 valence electrons. The number of unbranched alkanes of at least 4 members (excludes halogenated alkanes) is 7. The third-order valence-electron chi connectivity index (χ3n) is 1.96. The Balaban J connectivity index is -0.0000000149. The fraction of sp³-hybridized carbons (Fsp3) is 1.00. The average molecular weight is 396 g/mol. The number of hydrogen-bond donors (Lipinski definition) is 2. The summed E-state index contributed by atoms with van der Waals surface area (Å²) in [6.07, 6.45) is 11.5. The second-order valence-corrected chi connectivity index (χ2v) is 4.46. The Morgan fingerprint density at radius 1 is 0.565 bits per heavy atom. The third-order valence-corrected chi connectivity index (χ3v) is 1.96. The minimum atomic E-state index is -4.67. The van der Waals surface area contributed by atoms with Gasteiger partial charge in [-0.25, -0.2) is 0 Å². The smallest absolute Gasteiger partial charge is 0.394 e. The molecule has 0 aromatic rings. The lowest BCUT2D eigenvalue weighted by Gasteiger charge is -1.97. The zero-order valence-electron chi connectivity index (χ0n) is 13.3. The molecule has 0 atom stereocenters. The molecule has 0 amide bonds. The van der Waals surface area contributed by atoms with Crippen molar-refractivity contribution in [3.8, 4) is 0 Å². The predicted octanol–water partition coefficient (Wildman–Crippen LogP) is -3.46. The summed E-state index contributed by atoms with van der Waals surface area (Å²) < 4.78 is 31.6. The van der Waals surface area contributed by atoms with Crippen LogP contribution >= 0.6 is 0 Å². The van der Waals surface area contributed by atoms with Crippen molar-refractivity contribution < 1.29 is 55.9 Å². The molecule has 0 heterocycles. The molecule has 13 heteroatoms. The van der Waals surface area contributed by atoms with Gasteiger partial charge in [-0.3, -0.25) is 9.11 Å². The maximum atomic E-state index is 8.74. The van der Waals surface area contributed by atoms with E-state index < -0.39 is 10.4 Å². The van der Waals surface area contributed by atoms with Crippen LogP contribution in [0, 0.1) is 0 Å². The van der Waals surface area contributed by atoms with Crippen molar-refractivity contribution in [3.05, 3.63) is 0 Å². The van der Waals surface area contributed by atoms with E-state index in [0.29, 0.717) is 0 Å². The fourth-order valence-corrected chi connectivity index (χ4v) is 1.21. The van der Waals surface area contributed by atoms with Gasteiger partial charge < -0.3 is 38.3 Å². The lowest BCUT2D eigenvalue weighted by Crippen LogP contribution is -1.89. The van der Waals surface area contributed by atoms with Gasteiger partial charge in [0.15, 0.2) is 17.4 Å². The molecule has 0 aromatic heterocycles. The van der Waals surface area contributed by atoms with E-state index in [1.54, 1.807) is 0 Å². The van der Waals surface area contributed by atoms with Crippen molar-refractivity contribution in [1.29, 1.82) is 0 Å². The summed E-state index contributed by atoms with van der Waals surface area (Å²) in [5.74, 6) is 0. The van der Waals surface area contributed by atoms with Gasteiger partial charge in [0.25, 0.3) is 0 Å². The standard InChI is InChI=1S/C10H22.Al.H2O4S.7H2O.3H/c1-3-5-7-9-10-8-6-4-2;;1-5(2,3)4;;;;;;;;;;/h3-10H2,1-2H3;;(H2,1,2,3,4);7*1H2;;;. The van der Waals surface area contributed by atoms with Crippen molar-refractivity contribution in [3.63, 3.8) is 0 Å². The summed E-state index contributed by atoms with van der Waals surface area (Å²) in [7, 11) is -4.67. The summed E-state index contributed by atoms with van der Waals surface area (Å²) in [6, 6.07) is 0. The van der Waals surface area contributed by atoms with E-state index in [9.17, 15) is 0 Å². The van der Waals surface area contributed by atoms with Gasteiger partial charge in [0.2, 0.25) is 0 Å². The maximum absolute atomic E-state index is 8.74. The Bertz CT molecular complexity index is 199. The first kappa shape index (κ1) is 65.7. The normalized spacial score (nSPS) is 6.96. The van der Waals surface area contributed by atoms with E-state index in [4.69, 9.17) is 17.5 Å². The molecule has 0 aliphatic rings. The Morgan fingerprint density at radius 2 is 0.696 bits per heavy atom. The molecule has 0 saturated carbocycles. The molecule has 0 aromatic carbocycles. The van der Waals surface area contributed by atoms with E-state index in [1.807, 2.05) is 0 Å². The van der Waals surface area contributed by atoms with E-state index in [0.717, 1.165) is 0 Å². The van der Waals surface area contributed by atoms with Gasteiger partial charge in [-0.1, -0.05) is 65.2 Å². The fourth-order valence-electron chi connectivity index (χ4n) is 1.21. The highest BCUT2D eigenvalue weighted by Crippen LogP contribution is 2.07. The molecule has 0 bridgehead atoms. The van der Waals surface area contributed by atoms with Crippen LogP contribution < -0.4 is 0 Å². The van der Waals surface area contributed by atoms with E-state index >= 15 is 0 Å². The van der Waals surface area contributed by atoms with Crippen LogP contribution in [-0.4, -0.2) is 73.2 Å². The van der Waals surface area contributed by atoms with Crippen molar-refractivity contribution >= 4 is 27.8 Å². The Kier molecular flexibility index (Phi) is 141. The zero-order chi connectivity index (χ0) is 12.2. The molecule has 11 nitrogen and oxygen atoms in total. The lowest BCUT2D eigenvalue weighted by atomic mass is 10.1. The molecule has 0 radical (unpaired) electrons. The van der Waals surface area contributed by atoms with Crippen molar-refractivity contribution in [2.24, 2.45) is 0 Å². The predicted molar refractivity (Wildman–Crippen MR) is 97.7 cm³/mol. The van der Waals surface area contributed by atoms with E-state index in [1.165, 1.54) is 51.4 Å². The first-order valence-corrected chi connectivity index (χ1v) is 7.01. The van der Waals surface area contributed by atoms with Gasteiger partial charge in [-0.15, -0.1) is 0 Å². The van der Waals surface area contributed by atoms with E-state index in [-0.39, 0.29) is 55.7 Å². The summed E-state index contributed by atoms with van der Waals surface area (Å²) >= 11 is 0. The quantitative estimate of drug-likeness (QED) is 0.251. The monoisotopic (exact) mass is 396 g/mol. The molecular formula is C10H41AlO11S. The van der Waals surface area contributed by atoms with Crippen LogP contribution in [0.1, 0.15) is 65.2 Å². The van der Waals surface area contributed by atoms with Crippen LogP contribution in [0.4, 0.5) is 0 Å². The molecule has 0 saturated heterocycles. The third kappa shape index (κ3) is 177. The van der Waals surface area contributed by atoms with Gasteiger partial charge >= 0.3 is 10.4 Å². The summed E-state index contributed by atoms with van der Waals surface area (Å²) in [5, 5.41) is 0. The molecule has 23 heavy (non-hydrogen) atoms. The number of hydrogen-bond acceptors (Lipinski definition) is 2. The van der Waals surface area contributed by atoms with Crippen LogP contribution in [-0.2, 0) is 10.4 Å². The zero-order valence-corrected chi connectivity index (χ0v) is 14.1. The van der Waals surface area contributed by atoms with Gasteiger partial charge in [0.05, 0.1) is 0 Å². The van der Waals surface area contributed by atoms with Gasteiger partial charge in [0, 0.05) is 0 Å². The van der Waals surface area contributed by atoms with Crippen LogP contribution in [0.2, 0.25) is 0 Å². The molecule has 0 aliphatic carbocycles. The first-order chi connectivity index (χ1) is 6.91. The topological polar surface area (TPSA) is 295 Å². The molecule has 16 N–H and O–H groups in total. The van der Waals surface area contributed by atoms with Gasteiger partial charge in [0.1, 0.15) is 0 Å². The highest BCUT2D eigenvalue weighted by molar-refractivity contribution is 7.79. The van der Waals surface area contributed by atoms with Crippen molar-refractivity contribution in [2.75, 3.05) is 0 Å². The second-order valence-electron chi connectivity index (χ2n) is 3.57. The van der Waals surface area contributed by atoms with Crippen LogP contribution in [0.25, 0.3) is 0 Å². The highest BCUT2D eigenvalue weighted by Gasteiger charge is 1.87. The van der Waals surface area contributed by atoms with Gasteiger partial charge in [-0.05, 0) is 0 Å². The largest absolute Gasteiger partial charge is 0.412 e. The molecule has 0 fully saturated rings. The van der Waals surface area contributed by atoms with Crippen LogP contribution in [0.3, 0.4) is 0 Å². The Hall–Kier alpha value is 0.122. The Morgan fingerprint density at radius 3 is 0.826 bits per heavy atom. The molecule has 0 spiro atoms. The maximum Gasteiger partial charge on any atom is 0.394 e. The molecule has 0 aliphatic heterocycles. The van der Waals surface area contributed by atoms with E-state index in [2.05, 4.69) is 13.8 Å². The molecule has 0 unspecified atom stereocenters. The summed E-state index contributed by atoms with van der Waals surface area (Å²) in [5.41, 5.74) is 0. The minimum Gasteiger partial charge on any atom is -0.412 e. The molecular weight excluding hydrogens is 355 g/mol.